The maximum atomic E-state index is 10.8. The standard InChI is InChI=1S/C7H7N3O4S/c1-5-2-8-7-9-6(15(12,13)14)4-10(7,11)3-5/h2-4,11H,1H3/p+1. The molecule has 0 aromatic carbocycles. The molecule has 0 saturated carbocycles. The zero-order chi connectivity index (χ0) is 11.3. The molecule has 0 saturated heterocycles. The van der Waals surface area contributed by atoms with Crippen molar-refractivity contribution in [3.63, 3.8) is 0 Å². The summed E-state index contributed by atoms with van der Waals surface area (Å²) in [5.74, 6) is -0.117. The molecule has 1 atom stereocenters. The lowest BCUT2D eigenvalue weighted by Crippen LogP contribution is -2.38. The minimum atomic E-state index is -4.42. The predicted molar refractivity (Wildman–Crippen MR) is 51.4 cm³/mol. The number of nitrogens with zero attached hydrogens (tertiary/aromatic N) is 3. The van der Waals surface area contributed by atoms with Crippen LogP contribution in [-0.2, 0) is 10.1 Å². The topological polar surface area (TPSA) is 99.3 Å². The first-order chi connectivity index (χ1) is 6.81. The van der Waals surface area contributed by atoms with Gasteiger partial charge < -0.3 is 0 Å². The molecule has 2 rings (SSSR count). The summed E-state index contributed by atoms with van der Waals surface area (Å²) in [4.78, 5) is 7.27. The second kappa shape index (κ2) is 2.83. The van der Waals surface area contributed by atoms with Crippen molar-refractivity contribution in [1.82, 2.24) is 0 Å². The number of quaternary nitrogens is 1. The molecular weight excluding hydrogens is 222 g/mol. The fraction of sp³-hybridized carbons (Fsp3) is 0.143. The van der Waals surface area contributed by atoms with Gasteiger partial charge in [-0.2, -0.15) is 23.6 Å². The molecule has 0 radical (unpaired) electrons. The van der Waals surface area contributed by atoms with E-state index in [-0.39, 0.29) is 5.96 Å². The lowest BCUT2D eigenvalue weighted by molar-refractivity contribution is -0.945. The van der Waals surface area contributed by atoms with Crippen LogP contribution in [0.3, 0.4) is 0 Å². The Balaban J connectivity index is 2.56. The molecule has 15 heavy (non-hydrogen) atoms. The Bertz CT molecular complexity index is 543. The summed E-state index contributed by atoms with van der Waals surface area (Å²) in [6.07, 6.45) is 3.68. The molecule has 0 aliphatic carbocycles. The minimum Gasteiger partial charge on any atom is -0.280 e. The Morgan fingerprint density at radius 3 is 2.67 bits per heavy atom. The van der Waals surface area contributed by atoms with Gasteiger partial charge in [-0.25, -0.2) is 0 Å². The van der Waals surface area contributed by atoms with E-state index in [1.54, 1.807) is 6.92 Å². The second-order valence-corrected chi connectivity index (χ2v) is 4.59. The summed E-state index contributed by atoms with van der Waals surface area (Å²) in [6, 6.07) is 0. The van der Waals surface area contributed by atoms with E-state index < -0.39 is 19.8 Å². The molecule has 2 N–H and O–H groups in total. The van der Waals surface area contributed by atoms with Crippen LogP contribution in [-0.4, -0.2) is 35.0 Å². The molecule has 0 spiro atoms. The molecule has 80 valence electrons. The molecule has 2 aliphatic rings. The molecule has 8 heteroatoms. The molecular formula is C7H8N3O4S+. The van der Waals surface area contributed by atoms with Gasteiger partial charge >= 0.3 is 16.1 Å². The summed E-state index contributed by atoms with van der Waals surface area (Å²) >= 11 is 0. The van der Waals surface area contributed by atoms with E-state index in [4.69, 9.17) is 4.55 Å². The highest BCUT2D eigenvalue weighted by atomic mass is 32.2. The third-order valence-corrected chi connectivity index (χ3v) is 2.61. The average Bonchev–Trinajstić information content (AvgIpc) is 2.39. The Labute approximate surface area is 85.7 Å². The monoisotopic (exact) mass is 230 g/mol. The van der Waals surface area contributed by atoms with Crippen LogP contribution in [0.25, 0.3) is 0 Å². The van der Waals surface area contributed by atoms with E-state index in [1.807, 2.05) is 0 Å². The summed E-state index contributed by atoms with van der Waals surface area (Å²) in [5.41, 5.74) is 0.657. The zero-order valence-corrected chi connectivity index (χ0v) is 8.51. The van der Waals surface area contributed by atoms with E-state index in [9.17, 15) is 13.6 Å². The van der Waals surface area contributed by atoms with Crippen molar-refractivity contribution in [3.05, 3.63) is 23.0 Å². The van der Waals surface area contributed by atoms with Crippen LogP contribution < -0.4 is 0 Å². The number of allylic oxidation sites excluding steroid dienone is 1. The molecule has 2 heterocycles. The first kappa shape index (κ1) is 10.2. The smallest absolute Gasteiger partial charge is 0.280 e. The highest BCUT2D eigenvalue weighted by Gasteiger charge is 2.42. The van der Waals surface area contributed by atoms with Gasteiger partial charge in [0.25, 0.3) is 0 Å². The van der Waals surface area contributed by atoms with Gasteiger partial charge in [-0.3, -0.25) is 4.55 Å². The van der Waals surface area contributed by atoms with Crippen LogP contribution in [0.1, 0.15) is 6.92 Å². The van der Waals surface area contributed by atoms with Crippen molar-refractivity contribution in [1.29, 1.82) is 0 Å². The highest BCUT2D eigenvalue weighted by Crippen LogP contribution is 2.26. The molecule has 0 fully saturated rings. The van der Waals surface area contributed by atoms with Crippen molar-refractivity contribution in [2.75, 3.05) is 0 Å². The summed E-state index contributed by atoms with van der Waals surface area (Å²) in [6.45, 7) is 1.69. The predicted octanol–water partition coefficient (Wildman–Crippen LogP) is 0.237. The fourth-order valence-electron chi connectivity index (χ4n) is 1.28. The Kier molecular flexibility index (Phi) is 1.92. The largest absolute Gasteiger partial charge is 0.373 e. The quantitative estimate of drug-likeness (QED) is 0.497. The molecule has 0 aromatic heterocycles. The van der Waals surface area contributed by atoms with Crippen LogP contribution >= 0.6 is 0 Å². The van der Waals surface area contributed by atoms with Crippen molar-refractivity contribution >= 4 is 22.3 Å². The van der Waals surface area contributed by atoms with Gasteiger partial charge in [-0.1, -0.05) is 4.65 Å². The number of hydrogen-bond donors (Lipinski definition) is 2. The van der Waals surface area contributed by atoms with E-state index in [1.165, 1.54) is 12.4 Å². The van der Waals surface area contributed by atoms with Gasteiger partial charge in [0, 0.05) is 11.8 Å². The van der Waals surface area contributed by atoms with Crippen LogP contribution in [0.2, 0.25) is 0 Å². The highest BCUT2D eigenvalue weighted by molar-refractivity contribution is 7.89. The number of hydrogen-bond acceptors (Lipinski definition) is 5. The van der Waals surface area contributed by atoms with Gasteiger partial charge in [0.15, 0.2) is 6.20 Å². The third kappa shape index (κ3) is 1.63. The van der Waals surface area contributed by atoms with Crippen LogP contribution in [0.5, 0.6) is 0 Å². The number of hydroxylamine groups is 3. The fourth-order valence-corrected chi connectivity index (χ4v) is 1.77. The van der Waals surface area contributed by atoms with E-state index in [2.05, 4.69) is 9.98 Å². The van der Waals surface area contributed by atoms with Crippen molar-refractivity contribution < 1.29 is 22.8 Å². The number of fused-ring (bicyclic) bond motifs is 1. The van der Waals surface area contributed by atoms with Crippen LogP contribution in [0, 0.1) is 0 Å². The SMILES string of the molecule is CC1=C[N+]2(O)C=C(S(=O)(=O)O)N=C2N=C1. The summed E-state index contributed by atoms with van der Waals surface area (Å²) < 4.78 is 29.4. The number of guanidine groups is 1. The molecule has 2 aliphatic heterocycles. The van der Waals surface area contributed by atoms with Gasteiger partial charge in [0.2, 0.25) is 5.03 Å². The molecule has 0 amide bonds. The van der Waals surface area contributed by atoms with Crippen molar-refractivity contribution in [2.45, 2.75) is 6.92 Å². The normalized spacial score (nSPS) is 29.4. The lowest BCUT2D eigenvalue weighted by atomic mass is 10.3. The Morgan fingerprint density at radius 1 is 1.40 bits per heavy atom. The van der Waals surface area contributed by atoms with Gasteiger partial charge in [0.05, 0.1) is 0 Å². The minimum absolute atomic E-state index is 0.117. The molecule has 0 aromatic rings. The molecule has 1 unspecified atom stereocenters. The van der Waals surface area contributed by atoms with Gasteiger partial charge in [0.1, 0.15) is 6.20 Å². The molecule has 0 bridgehead atoms. The van der Waals surface area contributed by atoms with E-state index >= 15 is 0 Å². The Hall–Kier alpha value is -1.35. The first-order valence-electron chi connectivity index (χ1n) is 3.96. The maximum Gasteiger partial charge on any atom is 0.373 e. The number of aliphatic imine (C=N–C) groups is 2. The van der Waals surface area contributed by atoms with Crippen LogP contribution in [0.15, 0.2) is 33.0 Å². The summed E-state index contributed by atoms with van der Waals surface area (Å²) in [5, 5.41) is 9.27. The summed E-state index contributed by atoms with van der Waals surface area (Å²) in [7, 11) is -4.42. The van der Waals surface area contributed by atoms with E-state index in [0.717, 1.165) is 6.20 Å². The first-order valence-corrected chi connectivity index (χ1v) is 5.40. The van der Waals surface area contributed by atoms with Gasteiger partial charge in [-0.05, 0) is 6.92 Å². The van der Waals surface area contributed by atoms with E-state index in [0.29, 0.717) is 5.57 Å². The maximum absolute atomic E-state index is 10.8. The molecule has 7 nitrogen and oxygen atoms in total. The third-order valence-electron chi connectivity index (χ3n) is 1.89. The average molecular weight is 230 g/mol. The Morgan fingerprint density at radius 2 is 2.07 bits per heavy atom. The number of rotatable bonds is 1. The van der Waals surface area contributed by atoms with Crippen LogP contribution in [0.4, 0.5) is 0 Å². The zero-order valence-electron chi connectivity index (χ0n) is 7.69. The second-order valence-electron chi connectivity index (χ2n) is 3.22. The lowest BCUT2D eigenvalue weighted by Gasteiger charge is -2.17. The van der Waals surface area contributed by atoms with Gasteiger partial charge in [-0.15, -0.1) is 0 Å². The van der Waals surface area contributed by atoms with Crippen molar-refractivity contribution in [3.8, 4) is 0 Å². The van der Waals surface area contributed by atoms with Crippen molar-refractivity contribution in [2.24, 2.45) is 9.98 Å².